The number of fused-ring (bicyclic) bond motifs is 1. The number of benzene rings is 1. The lowest BCUT2D eigenvalue weighted by Crippen LogP contribution is -2.22. The fourth-order valence-electron chi connectivity index (χ4n) is 1.27. The SMILES string of the molecule is O=c1[nH]c(=O)c2c(Cl)c(Cl)c(Cl)c(Cl)c2[nH]1. The third-order valence-corrected chi connectivity index (χ3v) is 3.76. The number of aromatic nitrogens is 2. The van der Waals surface area contributed by atoms with Gasteiger partial charge in [0.05, 0.1) is 31.0 Å². The van der Waals surface area contributed by atoms with E-state index in [2.05, 4.69) is 4.98 Å². The Morgan fingerprint density at radius 1 is 0.750 bits per heavy atom. The Balaban J connectivity index is 3.21. The monoisotopic (exact) mass is 298 g/mol. The summed E-state index contributed by atoms with van der Waals surface area (Å²) in [6, 6.07) is 0. The van der Waals surface area contributed by atoms with Crippen LogP contribution in [0.5, 0.6) is 0 Å². The van der Waals surface area contributed by atoms with Gasteiger partial charge >= 0.3 is 5.69 Å². The Labute approximate surface area is 108 Å². The first-order chi connectivity index (χ1) is 7.43. The summed E-state index contributed by atoms with van der Waals surface area (Å²) in [4.78, 5) is 26.9. The Morgan fingerprint density at radius 2 is 1.31 bits per heavy atom. The molecule has 0 fully saturated rings. The van der Waals surface area contributed by atoms with Gasteiger partial charge in [-0.1, -0.05) is 46.4 Å². The second kappa shape index (κ2) is 3.96. The summed E-state index contributed by atoms with van der Waals surface area (Å²) in [6.45, 7) is 0. The highest BCUT2D eigenvalue weighted by Crippen LogP contribution is 2.40. The summed E-state index contributed by atoms with van der Waals surface area (Å²) in [7, 11) is 0. The molecule has 84 valence electrons. The van der Waals surface area contributed by atoms with Gasteiger partial charge in [-0.15, -0.1) is 0 Å². The normalized spacial score (nSPS) is 11.0. The zero-order chi connectivity index (χ0) is 12.0. The molecule has 1 aromatic carbocycles. The lowest BCUT2D eigenvalue weighted by molar-refractivity contribution is 1.08. The van der Waals surface area contributed by atoms with E-state index in [1.165, 1.54) is 0 Å². The first-order valence-electron chi connectivity index (χ1n) is 3.91. The van der Waals surface area contributed by atoms with E-state index in [4.69, 9.17) is 46.4 Å². The second-order valence-electron chi connectivity index (χ2n) is 2.91. The fourth-order valence-corrected chi connectivity index (χ4v) is 2.26. The molecule has 2 N–H and O–H groups in total. The topological polar surface area (TPSA) is 65.7 Å². The molecule has 8 heteroatoms. The summed E-state index contributed by atoms with van der Waals surface area (Å²) in [5.74, 6) is 0. The molecule has 0 aliphatic heterocycles. The van der Waals surface area contributed by atoms with Gasteiger partial charge in [0.25, 0.3) is 5.56 Å². The minimum Gasteiger partial charge on any atom is -0.305 e. The molecule has 0 atom stereocenters. The third-order valence-electron chi connectivity index (χ3n) is 1.96. The summed E-state index contributed by atoms with van der Waals surface area (Å²) in [5.41, 5.74) is -1.31. The lowest BCUT2D eigenvalue weighted by Gasteiger charge is -2.06. The molecule has 0 aliphatic rings. The van der Waals surface area contributed by atoms with Crippen LogP contribution in [-0.4, -0.2) is 9.97 Å². The Morgan fingerprint density at radius 3 is 1.94 bits per heavy atom. The standard InChI is InChI=1S/C8H2Cl4N2O2/c9-2-1-6(5(12)4(11)3(2)10)13-8(16)14-7(1)15/h(H2,13,14,15,16). The summed E-state index contributed by atoms with van der Waals surface area (Å²) < 4.78 is 0. The van der Waals surface area contributed by atoms with Crippen LogP contribution in [0.4, 0.5) is 0 Å². The van der Waals surface area contributed by atoms with E-state index in [9.17, 15) is 9.59 Å². The molecule has 0 aliphatic carbocycles. The van der Waals surface area contributed by atoms with Gasteiger partial charge in [0, 0.05) is 0 Å². The number of halogens is 4. The molecule has 0 spiro atoms. The molecule has 0 radical (unpaired) electrons. The van der Waals surface area contributed by atoms with Crippen molar-refractivity contribution in [1.29, 1.82) is 0 Å². The Kier molecular flexibility index (Phi) is 2.92. The van der Waals surface area contributed by atoms with E-state index >= 15 is 0 Å². The number of hydrogen-bond acceptors (Lipinski definition) is 2. The van der Waals surface area contributed by atoms with Gasteiger partial charge in [-0.25, -0.2) is 4.79 Å². The van der Waals surface area contributed by atoms with Crippen molar-refractivity contribution in [1.82, 2.24) is 9.97 Å². The van der Waals surface area contributed by atoms with Crippen LogP contribution in [0, 0.1) is 0 Å². The molecule has 0 saturated heterocycles. The van der Waals surface area contributed by atoms with Gasteiger partial charge in [-0.3, -0.25) is 9.78 Å². The molecule has 0 saturated carbocycles. The van der Waals surface area contributed by atoms with Crippen LogP contribution in [-0.2, 0) is 0 Å². The maximum atomic E-state index is 11.5. The molecule has 2 rings (SSSR count). The highest BCUT2D eigenvalue weighted by atomic mass is 35.5. The zero-order valence-corrected chi connectivity index (χ0v) is 10.4. The lowest BCUT2D eigenvalue weighted by atomic mass is 10.2. The predicted molar refractivity (Wildman–Crippen MR) is 65.2 cm³/mol. The smallest absolute Gasteiger partial charge is 0.305 e. The second-order valence-corrected chi connectivity index (χ2v) is 4.43. The van der Waals surface area contributed by atoms with Crippen molar-refractivity contribution in [3.63, 3.8) is 0 Å². The van der Waals surface area contributed by atoms with Gasteiger partial charge < -0.3 is 4.98 Å². The number of nitrogens with one attached hydrogen (secondary N) is 2. The molecule has 0 amide bonds. The maximum absolute atomic E-state index is 11.5. The van der Waals surface area contributed by atoms with Crippen LogP contribution in [0.2, 0.25) is 20.1 Å². The third kappa shape index (κ3) is 1.62. The van der Waals surface area contributed by atoms with Crippen molar-refractivity contribution in [2.24, 2.45) is 0 Å². The minimum atomic E-state index is -0.700. The summed E-state index contributed by atoms with van der Waals surface area (Å²) in [5, 5.41) is -0.112. The largest absolute Gasteiger partial charge is 0.326 e. The van der Waals surface area contributed by atoms with Crippen LogP contribution in [0.1, 0.15) is 0 Å². The summed E-state index contributed by atoms with van der Waals surface area (Å²) >= 11 is 23.3. The van der Waals surface area contributed by atoms with E-state index < -0.39 is 11.2 Å². The van der Waals surface area contributed by atoms with Crippen molar-refractivity contribution in [2.75, 3.05) is 0 Å². The van der Waals surface area contributed by atoms with Crippen LogP contribution in [0.3, 0.4) is 0 Å². The quantitative estimate of drug-likeness (QED) is 0.580. The van der Waals surface area contributed by atoms with Crippen molar-refractivity contribution in [2.45, 2.75) is 0 Å². The van der Waals surface area contributed by atoms with Gasteiger partial charge in [-0.05, 0) is 0 Å². The first kappa shape index (κ1) is 11.8. The number of hydrogen-bond donors (Lipinski definition) is 2. The molecule has 0 unspecified atom stereocenters. The number of H-pyrrole nitrogens is 2. The van der Waals surface area contributed by atoms with E-state index in [0.717, 1.165) is 0 Å². The van der Waals surface area contributed by atoms with Crippen molar-refractivity contribution >= 4 is 57.3 Å². The average molecular weight is 300 g/mol. The van der Waals surface area contributed by atoms with Crippen LogP contribution in [0.25, 0.3) is 10.9 Å². The Hall–Kier alpha value is -0.680. The highest BCUT2D eigenvalue weighted by molar-refractivity contribution is 6.55. The van der Waals surface area contributed by atoms with Crippen LogP contribution >= 0.6 is 46.4 Å². The molecule has 1 heterocycles. The average Bonchev–Trinajstić information content (AvgIpc) is 2.22. The fraction of sp³-hybridized carbons (Fsp3) is 0. The summed E-state index contributed by atoms with van der Waals surface area (Å²) in [6.07, 6.45) is 0. The van der Waals surface area contributed by atoms with Gasteiger partial charge in [0.1, 0.15) is 0 Å². The zero-order valence-electron chi connectivity index (χ0n) is 7.33. The molecule has 4 nitrogen and oxygen atoms in total. The van der Waals surface area contributed by atoms with E-state index in [-0.39, 0.29) is 31.0 Å². The molecule has 2 aromatic rings. The van der Waals surface area contributed by atoms with Gasteiger partial charge in [-0.2, -0.15) is 0 Å². The van der Waals surface area contributed by atoms with Crippen molar-refractivity contribution in [3.05, 3.63) is 40.9 Å². The van der Waals surface area contributed by atoms with E-state index in [1.807, 2.05) is 4.98 Å². The minimum absolute atomic E-state index is 0.000617. The molecule has 0 bridgehead atoms. The maximum Gasteiger partial charge on any atom is 0.326 e. The first-order valence-corrected chi connectivity index (χ1v) is 5.43. The van der Waals surface area contributed by atoms with Crippen LogP contribution in [0.15, 0.2) is 9.59 Å². The van der Waals surface area contributed by atoms with Crippen molar-refractivity contribution in [3.8, 4) is 0 Å². The van der Waals surface area contributed by atoms with E-state index in [1.54, 1.807) is 0 Å². The highest BCUT2D eigenvalue weighted by Gasteiger charge is 2.17. The Bertz CT molecular complexity index is 704. The van der Waals surface area contributed by atoms with E-state index in [0.29, 0.717) is 0 Å². The number of aromatic amines is 2. The van der Waals surface area contributed by atoms with Crippen molar-refractivity contribution < 1.29 is 0 Å². The van der Waals surface area contributed by atoms with Gasteiger partial charge in [0.2, 0.25) is 0 Å². The molecular formula is C8H2Cl4N2O2. The van der Waals surface area contributed by atoms with Crippen LogP contribution < -0.4 is 11.2 Å². The predicted octanol–water partition coefficient (Wildman–Crippen LogP) is 2.83. The van der Waals surface area contributed by atoms with Gasteiger partial charge in [0.15, 0.2) is 0 Å². The molecule has 16 heavy (non-hydrogen) atoms. The number of rotatable bonds is 0. The molecule has 1 aromatic heterocycles. The molecular weight excluding hydrogens is 298 g/mol.